The first-order valence-electron chi connectivity index (χ1n) is 4.22. The Hall–Kier alpha value is -1.42. The zero-order chi connectivity index (χ0) is 9.26. The van der Waals surface area contributed by atoms with Crippen LogP contribution >= 0.6 is 0 Å². The van der Waals surface area contributed by atoms with E-state index in [9.17, 15) is 0 Å². The second-order valence-electron chi connectivity index (χ2n) is 3.27. The van der Waals surface area contributed by atoms with Crippen LogP contribution in [0, 0.1) is 0 Å². The predicted molar refractivity (Wildman–Crippen MR) is 49.2 cm³/mol. The van der Waals surface area contributed by atoms with Gasteiger partial charge in [-0.1, -0.05) is 6.07 Å². The first-order valence-corrected chi connectivity index (χ1v) is 4.22. The number of hydrogen-bond donors (Lipinski definition) is 1. The highest BCUT2D eigenvalue weighted by atomic mass is 16.6. The van der Waals surface area contributed by atoms with Crippen LogP contribution in [-0.4, -0.2) is 16.4 Å². The molecule has 1 atom stereocenters. The molecular weight excluding hydrogens is 166 g/mol. The molecule has 1 unspecified atom stereocenters. The van der Waals surface area contributed by atoms with Crippen LogP contribution in [0.2, 0.25) is 0 Å². The van der Waals surface area contributed by atoms with Crippen LogP contribution in [-0.2, 0) is 6.42 Å². The Morgan fingerprint density at radius 3 is 2.92 bits per heavy atom. The fraction of sp³-hybridized carbons (Fsp3) is 0.333. The van der Waals surface area contributed by atoms with Crippen molar-refractivity contribution in [2.45, 2.75) is 19.4 Å². The minimum absolute atomic E-state index is 0.164. The van der Waals surface area contributed by atoms with Gasteiger partial charge in [-0.15, -0.1) is 0 Å². The van der Waals surface area contributed by atoms with E-state index in [4.69, 9.17) is 5.73 Å². The van der Waals surface area contributed by atoms with Crippen LogP contribution in [0.1, 0.15) is 12.5 Å². The number of nitrogens with zero attached hydrogens (tertiary/aromatic N) is 2. The minimum atomic E-state index is 0.164. The molecule has 1 aromatic heterocycles. The van der Waals surface area contributed by atoms with Crippen molar-refractivity contribution in [1.82, 2.24) is 10.3 Å². The van der Waals surface area contributed by atoms with E-state index in [2.05, 4.69) is 14.9 Å². The molecule has 0 saturated carbocycles. The number of nitrogens with two attached hydrogens (primary N) is 1. The molecule has 1 heterocycles. The molecule has 0 spiro atoms. The fourth-order valence-electron chi connectivity index (χ4n) is 1.33. The standard InChI is InChI=1S/C9H11N3O/c1-6(10)4-7-2-3-8-9(5-7)12-13-11-8/h2-3,5-6H,4,10H2,1H3. The molecule has 0 fully saturated rings. The van der Waals surface area contributed by atoms with Gasteiger partial charge >= 0.3 is 0 Å². The summed E-state index contributed by atoms with van der Waals surface area (Å²) in [5.74, 6) is 0. The second-order valence-corrected chi connectivity index (χ2v) is 3.27. The lowest BCUT2D eigenvalue weighted by atomic mass is 10.1. The van der Waals surface area contributed by atoms with Gasteiger partial charge in [-0.3, -0.25) is 0 Å². The monoisotopic (exact) mass is 177 g/mol. The Labute approximate surface area is 75.7 Å². The first kappa shape index (κ1) is 8.19. The van der Waals surface area contributed by atoms with Crippen molar-refractivity contribution in [3.05, 3.63) is 23.8 Å². The molecule has 0 radical (unpaired) electrons. The lowest BCUT2D eigenvalue weighted by Gasteiger charge is -2.03. The molecule has 4 nitrogen and oxygen atoms in total. The van der Waals surface area contributed by atoms with Crippen LogP contribution in [0.4, 0.5) is 0 Å². The third kappa shape index (κ3) is 1.67. The van der Waals surface area contributed by atoms with Crippen molar-refractivity contribution in [3.63, 3.8) is 0 Å². The summed E-state index contributed by atoms with van der Waals surface area (Å²) in [7, 11) is 0. The Bertz CT molecular complexity index is 408. The maximum Gasteiger partial charge on any atom is 0.135 e. The summed E-state index contributed by atoms with van der Waals surface area (Å²) in [4.78, 5) is 0. The highest BCUT2D eigenvalue weighted by Gasteiger charge is 2.02. The number of aromatic nitrogens is 2. The first-order chi connectivity index (χ1) is 6.25. The molecule has 13 heavy (non-hydrogen) atoms. The summed E-state index contributed by atoms with van der Waals surface area (Å²) < 4.78 is 4.59. The van der Waals surface area contributed by atoms with E-state index in [-0.39, 0.29) is 6.04 Å². The van der Waals surface area contributed by atoms with Crippen molar-refractivity contribution >= 4 is 11.0 Å². The lowest BCUT2D eigenvalue weighted by molar-refractivity contribution is 0.315. The van der Waals surface area contributed by atoms with Crippen LogP contribution in [0.15, 0.2) is 22.8 Å². The maximum atomic E-state index is 5.68. The van der Waals surface area contributed by atoms with Crippen molar-refractivity contribution in [2.75, 3.05) is 0 Å². The molecule has 4 heteroatoms. The number of hydrogen-bond acceptors (Lipinski definition) is 4. The van der Waals surface area contributed by atoms with Gasteiger partial charge in [-0.2, -0.15) is 0 Å². The molecular formula is C9H11N3O. The Kier molecular flexibility index (Phi) is 1.98. The van der Waals surface area contributed by atoms with Gasteiger partial charge < -0.3 is 5.73 Å². The smallest absolute Gasteiger partial charge is 0.135 e. The summed E-state index contributed by atoms with van der Waals surface area (Å²) in [6, 6.07) is 6.01. The number of benzene rings is 1. The third-order valence-electron chi connectivity index (χ3n) is 1.88. The number of fused-ring (bicyclic) bond motifs is 1. The summed E-state index contributed by atoms with van der Waals surface area (Å²) in [5, 5.41) is 7.48. The second kappa shape index (κ2) is 3.14. The van der Waals surface area contributed by atoms with Crippen molar-refractivity contribution < 1.29 is 4.63 Å². The van der Waals surface area contributed by atoms with Gasteiger partial charge in [0.15, 0.2) is 0 Å². The van der Waals surface area contributed by atoms with Gasteiger partial charge in [0.05, 0.1) is 0 Å². The zero-order valence-corrected chi connectivity index (χ0v) is 7.40. The van der Waals surface area contributed by atoms with Crippen molar-refractivity contribution in [2.24, 2.45) is 5.73 Å². The quantitative estimate of drug-likeness (QED) is 0.746. The van der Waals surface area contributed by atoms with E-state index in [0.29, 0.717) is 0 Å². The summed E-state index contributed by atoms with van der Waals surface area (Å²) in [6.07, 6.45) is 0.850. The van der Waals surface area contributed by atoms with E-state index in [1.54, 1.807) is 0 Å². The van der Waals surface area contributed by atoms with Crippen LogP contribution in [0.25, 0.3) is 11.0 Å². The average Bonchev–Trinajstić information content (AvgIpc) is 2.49. The average molecular weight is 177 g/mol. The highest BCUT2D eigenvalue weighted by Crippen LogP contribution is 2.12. The maximum absolute atomic E-state index is 5.68. The minimum Gasteiger partial charge on any atom is -0.328 e. The Morgan fingerprint density at radius 2 is 2.15 bits per heavy atom. The van der Waals surface area contributed by atoms with Gasteiger partial charge in [0.1, 0.15) is 11.0 Å². The van der Waals surface area contributed by atoms with Gasteiger partial charge in [-0.05, 0) is 41.4 Å². The van der Waals surface area contributed by atoms with E-state index in [0.717, 1.165) is 17.5 Å². The number of rotatable bonds is 2. The van der Waals surface area contributed by atoms with E-state index in [1.165, 1.54) is 5.56 Å². The molecule has 0 amide bonds. The van der Waals surface area contributed by atoms with Crippen molar-refractivity contribution in [1.29, 1.82) is 0 Å². The van der Waals surface area contributed by atoms with Crippen LogP contribution in [0.3, 0.4) is 0 Å². The van der Waals surface area contributed by atoms with Gasteiger partial charge in [-0.25, -0.2) is 4.63 Å². The molecule has 2 rings (SSSR count). The SMILES string of the molecule is CC(N)Cc1ccc2nonc2c1. The van der Waals surface area contributed by atoms with Gasteiger partial charge in [0.25, 0.3) is 0 Å². The van der Waals surface area contributed by atoms with Crippen LogP contribution in [0.5, 0.6) is 0 Å². The fourth-order valence-corrected chi connectivity index (χ4v) is 1.33. The van der Waals surface area contributed by atoms with Gasteiger partial charge in [0.2, 0.25) is 0 Å². The molecule has 0 aliphatic heterocycles. The summed E-state index contributed by atoms with van der Waals surface area (Å²) in [5.41, 5.74) is 8.42. The molecule has 0 saturated heterocycles. The van der Waals surface area contributed by atoms with Gasteiger partial charge in [0, 0.05) is 6.04 Å². The molecule has 2 aromatic rings. The molecule has 0 aliphatic carbocycles. The van der Waals surface area contributed by atoms with Crippen molar-refractivity contribution in [3.8, 4) is 0 Å². The normalized spacial score (nSPS) is 13.4. The summed E-state index contributed by atoms with van der Waals surface area (Å²) >= 11 is 0. The third-order valence-corrected chi connectivity index (χ3v) is 1.88. The topological polar surface area (TPSA) is 64.9 Å². The zero-order valence-electron chi connectivity index (χ0n) is 7.40. The van der Waals surface area contributed by atoms with E-state index < -0.39 is 0 Å². The predicted octanol–water partition coefficient (Wildman–Crippen LogP) is 1.11. The highest BCUT2D eigenvalue weighted by molar-refractivity contribution is 5.73. The van der Waals surface area contributed by atoms with E-state index >= 15 is 0 Å². The molecule has 1 aromatic carbocycles. The van der Waals surface area contributed by atoms with Crippen LogP contribution < -0.4 is 5.73 Å². The largest absolute Gasteiger partial charge is 0.328 e. The van der Waals surface area contributed by atoms with E-state index in [1.807, 2.05) is 25.1 Å². The molecule has 0 aliphatic rings. The Morgan fingerprint density at radius 1 is 1.38 bits per heavy atom. The molecule has 2 N–H and O–H groups in total. The molecule has 68 valence electrons. The summed E-state index contributed by atoms with van der Waals surface area (Å²) in [6.45, 7) is 1.98. The Balaban J connectivity index is 2.37. The molecule has 0 bridgehead atoms. The lowest BCUT2D eigenvalue weighted by Crippen LogP contribution is -2.17.